The average molecular weight is 311 g/mol. The van der Waals surface area contributed by atoms with Gasteiger partial charge in [0.25, 0.3) is 0 Å². The van der Waals surface area contributed by atoms with Crippen molar-refractivity contribution in [2.75, 3.05) is 13.1 Å². The van der Waals surface area contributed by atoms with Crippen molar-refractivity contribution in [2.24, 2.45) is 0 Å². The number of aromatic nitrogens is 2. The molecule has 1 aromatic carbocycles. The molecule has 2 heterocycles. The van der Waals surface area contributed by atoms with Gasteiger partial charge < -0.3 is 4.90 Å². The first kappa shape index (κ1) is 15.8. The van der Waals surface area contributed by atoms with Gasteiger partial charge in [0.2, 0.25) is 5.91 Å². The maximum atomic E-state index is 12.5. The zero-order chi connectivity index (χ0) is 16.1. The number of hydrogen-bond donors (Lipinski definition) is 0. The molecule has 3 rings (SSSR count). The Labute approximate surface area is 138 Å². The van der Waals surface area contributed by atoms with Gasteiger partial charge in [-0.3, -0.25) is 9.48 Å². The van der Waals surface area contributed by atoms with Crippen LogP contribution < -0.4 is 0 Å². The monoisotopic (exact) mass is 311 g/mol. The van der Waals surface area contributed by atoms with Gasteiger partial charge in [-0.1, -0.05) is 30.3 Å². The summed E-state index contributed by atoms with van der Waals surface area (Å²) in [6.07, 6.45) is 8.67. The summed E-state index contributed by atoms with van der Waals surface area (Å²) < 4.78 is 2.03. The molecule has 1 aromatic heterocycles. The molecule has 1 amide bonds. The molecule has 0 N–H and O–H groups in total. The number of benzene rings is 1. The lowest BCUT2D eigenvalue weighted by Gasteiger charge is -2.33. The number of piperidine rings is 1. The molecule has 1 saturated heterocycles. The van der Waals surface area contributed by atoms with Crippen LogP contribution in [0.1, 0.15) is 42.9 Å². The Balaban J connectivity index is 1.49. The van der Waals surface area contributed by atoms with Crippen LogP contribution in [0.5, 0.6) is 0 Å². The molecule has 0 radical (unpaired) electrons. The molecule has 1 aliphatic rings. The number of rotatable bonds is 5. The number of nitrogens with zero attached hydrogens (tertiary/aromatic N) is 3. The summed E-state index contributed by atoms with van der Waals surface area (Å²) in [5, 5.41) is 4.41. The van der Waals surface area contributed by atoms with E-state index in [4.69, 9.17) is 0 Å². The smallest absolute Gasteiger partial charge is 0.222 e. The minimum atomic E-state index is 0.287. The van der Waals surface area contributed by atoms with Gasteiger partial charge in [0.15, 0.2) is 0 Å². The average Bonchev–Trinajstić information content (AvgIpc) is 3.02. The molecule has 1 aliphatic heterocycles. The highest BCUT2D eigenvalue weighted by Crippen LogP contribution is 2.22. The molecule has 1 unspecified atom stereocenters. The zero-order valence-electron chi connectivity index (χ0n) is 13.8. The molecule has 0 aliphatic carbocycles. The lowest BCUT2D eigenvalue weighted by Crippen LogP contribution is -2.40. The van der Waals surface area contributed by atoms with Crippen molar-refractivity contribution < 1.29 is 4.79 Å². The number of amides is 1. The largest absolute Gasteiger partial charge is 0.341 e. The fourth-order valence-corrected chi connectivity index (χ4v) is 3.28. The second kappa shape index (κ2) is 7.44. The van der Waals surface area contributed by atoms with Gasteiger partial charge in [0, 0.05) is 25.7 Å². The van der Waals surface area contributed by atoms with Gasteiger partial charge in [-0.15, -0.1) is 0 Å². The summed E-state index contributed by atoms with van der Waals surface area (Å²) in [6, 6.07) is 10.7. The van der Waals surface area contributed by atoms with E-state index in [1.54, 1.807) is 0 Å². The van der Waals surface area contributed by atoms with E-state index >= 15 is 0 Å². The van der Waals surface area contributed by atoms with Crippen LogP contribution in [0.15, 0.2) is 42.7 Å². The number of hydrogen-bond acceptors (Lipinski definition) is 2. The molecular formula is C19H25N3O. The third kappa shape index (κ3) is 4.21. The highest BCUT2D eigenvalue weighted by atomic mass is 16.2. The predicted molar refractivity (Wildman–Crippen MR) is 91.2 cm³/mol. The van der Waals surface area contributed by atoms with Gasteiger partial charge in [0.1, 0.15) is 0 Å². The molecule has 1 atom stereocenters. The molecule has 0 spiro atoms. The standard InChI is InChI=1S/C19H25N3O/c1-16-13-20-22(14-16)18-10-6-12-21(15-18)19(23)11-5-9-17-7-3-2-4-8-17/h2-4,7-8,13-14,18H,5-6,9-12,15H2,1H3. The van der Waals surface area contributed by atoms with Crippen LogP contribution in [-0.4, -0.2) is 33.7 Å². The Kier molecular flexibility index (Phi) is 5.11. The molecule has 4 heteroatoms. The molecule has 122 valence electrons. The second-order valence-corrected chi connectivity index (χ2v) is 6.47. The number of carbonyl (C=O) groups is 1. The first-order valence-electron chi connectivity index (χ1n) is 8.55. The normalized spacial score (nSPS) is 18.1. The quantitative estimate of drug-likeness (QED) is 0.849. The second-order valence-electron chi connectivity index (χ2n) is 6.47. The molecule has 2 aromatic rings. The van der Waals surface area contributed by atoms with E-state index in [1.807, 2.05) is 21.8 Å². The Hall–Kier alpha value is -2.10. The van der Waals surface area contributed by atoms with E-state index in [0.717, 1.165) is 38.8 Å². The maximum Gasteiger partial charge on any atom is 0.222 e. The summed E-state index contributed by atoms with van der Waals surface area (Å²) in [5.74, 6) is 0.287. The van der Waals surface area contributed by atoms with E-state index < -0.39 is 0 Å². The summed E-state index contributed by atoms with van der Waals surface area (Å²) in [6.45, 7) is 3.74. The lowest BCUT2D eigenvalue weighted by molar-refractivity contribution is -0.133. The Bertz CT molecular complexity index is 635. The summed E-state index contributed by atoms with van der Waals surface area (Å²) in [5.41, 5.74) is 2.49. The molecule has 1 fully saturated rings. The van der Waals surface area contributed by atoms with Crippen molar-refractivity contribution in [2.45, 2.75) is 45.1 Å². The van der Waals surface area contributed by atoms with Crippen LogP contribution in [-0.2, 0) is 11.2 Å². The van der Waals surface area contributed by atoms with Crippen molar-refractivity contribution >= 4 is 5.91 Å². The highest BCUT2D eigenvalue weighted by molar-refractivity contribution is 5.76. The Morgan fingerprint density at radius 3 is 2.87 bits per heavy atom. The van der Waals surface area contributed by atoms with E-state index in [0.29, 0.717) is 12.5 Å². The van der Waals surface area contributed by atoms with Crippen molar-refractivity contribution in [1.82, 2.24) is 14.7 Å². The predicted octanol–water partition coefficient (Wildman–Crippen LogP) is 3.38. The Morgan fingerprint density at radius 1 is 1.30 bits per heavy atom. The van der Waals surface area contributed by atoms with Crippen molar-refractivity contribution in [3.63, 3.8) is 0 Å². The van der Waals surface area contributed by atoms with E-state index in [1.165, 1.54) is 11.1 Å². The van der Waals surface area contributed by atoms with Gasteiger partial charge >= 0.3 is 0 Å². The SMILES string of the molecule is Cc1cnn(C2CCCN(C(=O)CCCc3ccccc3)C2)c1. The van der Waals surface area contributed by atoms with E-state index in [2.05, 4.69) is 42.5 Å². The maximum absolute atomic E-state index is 12.5. The fourth-order valence-electron chi connectivity index (χ4n) is 3.28. The number of carbonyl (C=O) groups excluding carboxylic acids is 1. The van der Waals surface area contributed by atoms with Crippen LogP contribution in [0.2, 0.25) is 0 Å². The molecule has 23 heavy (non-hydrogen) atoms. The third-order valence-corrected chi connectivity index (χ3v) is 4.55. The van der Waals surface area contributed by atoms with Crippen LogP contribution in [0, 0.1) is 6.92 Å². The van der Waals surface area contributed by atoms with Crippen LogP contribution in [0.4, 0.5) is 0 Å². The Morgan fingerprint density at radius 2 is 2.13 bits per heavy atom. The summed E-state index contributed by atoms with van der Waals surface area (Å²) in [4.78, 5) is 14.5. The van der Waals surface area contributed by atoms with Gasteiger partial charge in [0.05, 0.1) is 12.2 Å². The molecule has 0 bridgehead atoms. The first-order valence-corrected chi connectivity index (χ1v) is 8.55. The summed E-state index contributed by atoms with van der Waals surface area (Å²) >= 11 is 0. The fraction of sp³-hybridized carbons (Fsp3) is 0.474. The minimum Gasteiger partial charge on any atom is -0.341 e. The van der Waals surface area contributed by atoms with Gasteiger partial charge in [-0.05, 0) is 43.7 Å². The molecule has 0 saturated carbocycles. The van der Waals surface area contributed by atoms with Gasteiger partial charge in [-0.25, -0.2) is 0 Å². The van der Waals surface area contributed by atoms with Crippen molar-refractivity contribution in [3.05, 3.63) is 53.9 Å². The van der Waals surface area contributed by atoms with Gasteiger partial charge in [-0.2, -0.15) is 5.10 Å². The molecular weight excluding hydrogens is 286 g/mol. The lowest BCUT2D eigenvalue weighted by atomic mass is 10.0. The molecule has 4 nitrogen and oxygen atoms in total. The first-order chi connectivity index (χ1) is 11.2. The number of likely N-dealkylation sites (tertiary alicyclic amines) is 1. The van der Waals surface area contributed by atoms with E-state index in [-0.39, 0.29) is 5.91 Å². The van der Waals surface area contributed by atoms with Crippen molar-refractivity contribution in [3.8, 4) is 0 Å². The topological polar surface area (TPSA) is 38.1 Å². The van der Waals surface area contributed by atoms with Crippen molar-refractivity contribution in [1.29, 1.82) is 0 Å². The van der Waals surface area contributed by atoms with Crippen LogP contribution in [0.3, 0.4) is 0 Å². The minimum absolute atomic E-state index is 0.287. The van der Waals surface area contributed by atoms with E-state index in [9.17, 15) is 4.79 Å². The number of aryl methyl sites for hydroxylation is 2. The highest BCUT2D eigenvalue weighted by Gasteiger charge is 2.24. The third-order valence-electron chi connectivity index (χ3n) is 4.55. The van der Waals surface area contributed by atoms with Crippen LogP contribution in [0.25, 0.3) is 0 Å². The zero-order valence-corrected chi connectivity index (χ0v) is 13.8. The van der Waals surface area contributed by atoms with Crippen LogP contribution >= 0.6 is 0 Å². The summed E-state index contributed by atoms with van der Waals surface area (Å²) in [7, 11) is 0.